The maximum absolute atomic E-state index is 12.6. The number of nitrogens with zero attached hydrogens (tertiary/aromatic N) is 2. The number of anilines is 1. The molecule has 25 heavy (non-hydrogen) atoms. The summed E-state index contributed by atoms with van der Waals surface area (Å²) < 4.78 is 40.7. The van der Waals surface area contributed by atoms with Crippen LogP contribution in [0.2, 0.25) is 0 Å². The van der Waals surface area contributed by atoms with E-state index in [0.29, 0.717) is 19.5 Å². The zero-order valence-electron chi connectivity index (χ0n) is 13.7. The molecule has 0 aliphatic rings. The molecular formula is C16H18BrF3N4O. The Hall–Kier alpha value is -2.03. The molecule has 1 aromatic carbocycles. The molecule has 1 heterocycles. The first-order valence-electron chi connectivity index (χ1n) is 7.60. The number of carbonyl (C=O) groups excluding carboxylic acids is 1. The fraction of sp³-hybridized carbons (Fsp3) is 0.375. The lowest BCUT2D eigenvalue weighted by molar-refractivity contribution is -0.137. The number of aromatic nitrogens is 2. The van der Waals surface area contributed by atoms with Crippen molar-refractivity contribution >= 4 is 27.6 Å². The summed E-state index contributed by atoms with van der Waals surface area (Å²) in [5.74, 6) is 0. The van der Waals surface area contributed by atoms with Crippen LogP contribution in [0.1, 0.15) is 23.4 Å². The third-order valence-electron chi connectivity index (χ3n) is 3.57. The van der Waals surface area contributed by atoms with Crippen molar-refractivity contribution in [3.05, 3.63) is 45.7 Å². The number of hydrogen-bond acceptors (Lipinski definition) is 2. The van der Waals surface area contributed by atoms with Crippen molar-refractivity contribution < 1.29 is 18.0 Å². The van der Waals surface area contributed by atoms with E-state index >= 15 is 0 Å². The van der Waals surface area contributed by atoms with Gasteiger partial charge in [0.15, 0.2) is 0 Å². The molecule has 0 saturated carbocycles. The second-order valence-corrected chi connectivity index (χ2v) is 6.31. The quantitative estimate of drug-likeness (QED) is 0.702. The Balaban J connectivity index is 1.80. The summed E-state index contributed by atoms with van der Waals surface area (Å²) in [4.78, 5) is 11.8. The van der Waals surface area contributed by atoms with Crippen LogP contribution in [0, 0.1) is 13.8 Å². The van der Waals surface area contributed by atoms with Crippen LogP contribution in [-0.4, -0.2) is 22.4 Å². The predicted octanol–water partition coefficient (Wildman–Crippen LogP) is 4.49. The highest BCUT2D eigenvalue weighted by Gasteiger charge is 2.30. The van der Waals surface area contributed by atoms with E-state index in [1.807, 2.05) is 18.5 Å². The summed E-state index contributed by atoms with van der Waals surface area (Å²) in [6.45, 7) is 4.84. The van der Waals surface area contributed by atoms with Crippen LogP contribution in [-0.2, 0) is 12.7 Å². The van der Waals surface area contributed by atoms with E-state index in [-0.39, 0.29) is 5.69 Å². The Morgan fingerprint density at radius 1 is 1.32 bits per heavy atom. The van der Waals surface area contributed by atoms with Gasteiger partial charge in [-0.1, -0.05) is 6.07 Å². The van der Waals surface area contributed by atoms with E-state index in [2.05, 4.69) is 31.7 Å². The molecular weight excluding hydrogens is 401 g/mol. The molecule has 5 nitrogen and oxygen atoms in total. The number of amides is 2. The monoisotopic (exact) mass is 418 g/mol. The number of aryl methyl sites for hydroxylation is 2. The van der Waals surface area contributed by atoms with Gasteiger partial charge in [-0.15, -0.1) is 0 Å². The first-order valence-corrected chi connectivity index (χ1v) is 8.39. The van der Waals surface area contributed by atoms with Gasteiger partial charge in [-0.25, -0.2) is 4.79 Å². The number of halogens is 4. The minimum atomic E-state index is -4.44. The van der Waals surface area contributed by atoms with Gasteiger partial charge in [0, 0.05) is 24.5 Å². The van der Waals surface area contributed by atoms with E-state index in [4.69, 9.17) is 0 Å². The molecule has 0 unspecified atom stereocenters. The van der Waals surface area contributed by atoms with Crippen molar-refractivity contribution in [2.75, 3.05) is 11.9 Å². The molecule has 2 aromatic rings. The van der Waals surface area contributed by atoms with Crippen molar-refractivity contribution in [2.24, 2.45) is 0 Å². The summed E-state index contributed by atoms with van der Waals surface area (Å²) in [6.07, 6.45) is -3.80. The van der Waals surface area contributed by atoms with Crippen molar-refractivity contribution in [3.63, 3.8) is 0 Å². The minimum Gasteiger partial charge on any atom is -0.338 e. The van der Waals surface area contributed by atoms with Crippen LogP contribution in [0.5, 0.6) is 0 Å². The normalized spacial score (nSPS) is 11.4. The van der Waals surface area contributed by atoms with E-state index < -0.39 is 17.8 Å². The van der Waals surface area contributed by atoms with Gasteiger partial charge in [-0.3, -0.25) is 4.68 Å². The first-order chi connectivity index (χ1) is 11.7. The number of hydrogen-bond donors (Lipinski definition) is 2. The second kappa shape index (κ2) is 7.90. The smallest absolute Gasteiger partial charge is 0.338 e. The Morgan fingerprint density at radius 3 is 2.64 bits per heavy atom. The number of carbonyl (C=O) groups is 1. The molecule has 0 radical (unpaired) electrons. The van der Waals surface area contributed by atoms with Crippen molar-refractivity contribution in [3.8, 4) is 0 Å². The molecule has 9 heteroatoms. The SMILES string of the molecule is Cc1nn(CCCNC(=O)Nc2cccc(C(F)(F)F)c2)c(C)c1Br. The Bertz CT molecular complexity index is 758. The summed E-state index contributed by atoms with van der Waals surface area (Å²) in [6, 6.07) is 3.96. The van der Waals surface area contributed by atoms with Crippen LogP contribution in [0.4, 0.5) is 23.7 Å². The average Bonchev–Trinajstić information content (AvgIpc) is 2.78. The molecule has 1 aromatic heterocycles. The summed E-state index contributed by atoms with van der Waals surface area (Å²) in [7, 11) is 0. The maximum atomic E-state index is 12.6. The lowest BCUT2D eigenvalue weighted by Gasteiger charge is -2.11. The number of rotatable bonds is 5. The van der Waals surface area contributed by atoms with Crippen molar-refractivity contribution in [1.82, 2.24) is 15.1 Å². The zero-order valence-corrected chi connectivity index (χ0v) is 15.3. The zero-order chi connectivity index (χ0) is 18.6. The van der Waals surface area contributed by atoms with Gasteiger partial charge in [-0.2, -0.15) is 18.3 Å². The van der Waals surface area contributed by atoms with Gasteiger partial charge in [0.25, 0.3) is 0 Å². The predicted molar refractivity (Wildman–Crippen MR) is 92.5 cm³/mol. The van der Waals surface area contributed by atoms with E-state index in [1.165, 1.54) is 12.1 Å². The topological polar surface area (TPSA) is 59.0 Å². The van der Waals surface area contributed by atoms with Crippen LogP contribution < -0.4 is 10.6 Å². The van der Waals surface area contributed by atoms with Gasteiger partial charge >= 0.3 is 12.2 Å². The van der Waals surface area contributed by atoms with E-state index in [1.54, 1.807) is 0 Å². The van der Waals surface area contributed by atoms with Crippen LogP contribution >= 0.6 is 15.9 Å². The van der Waals surface area contributed by atoms with E-state index in [9.17, 15) is 18.0 Å². The number of nitrogens with one attached hydrogen (secondary N) is 2. The van der Waals surface area contributed by atoms with Crippen LogP contribution in [0.3, 0.4) is 0 Å². The van der Waals surface area contributed by atoms with Crippen LogP contribution in [0.15, 0.2) is 28.7 Å². The fourth-order valence-corrected chi connectivity index (χ4v) is 2.56. The second-order valence-electron chi connectivity index (χ2n) is 5.52. The summed E-state index contributed by atoms with van der Waals surface area (Å²) in [5, 5.41) is 9.38. The molecule has 0 bridgehead atoms. The van der Waals surface area contributed by atoms with Crippen molar-refractivity contribution in [1.29, 1.82) is 0 Å². The standard InChI is InChI=1S/C16H18BrF3N4O/c1-10-14(17)11(2)24(23-10)8-4-7-21-15(25)22-13-6-3-5-12(9-13)16(18,19)20/h3,5-6,9H,4,7-8H2,1-2H3,(H2,21,22,25). The minimum absolute atomic E-state index is 0.0924. The molecule has 2 rings (SSSR count). The molecule has 2 amide bonds. The first kappa shape index (κ1) is 19.3. The van der Waals surface area contributed by atoms with Gasteiger partial charge in [0.05, 0.1) is 15.7 Å². The third kappa shape index (κ3) is 5.22. The highest BCUT2D eigenvalue weighted by Crippen LogP contribution is 2.30. The van der Waals surface area contributed by atoms with Gasteiger partial charge in [-0.05, 0) is 54.4 Å². The molecule has 0 aliphatic heterocycles. The Morgan fingerprint density at radius 2 is 2.04 bits per heavy atom. The van der Waals surface area contributed by atoms with E-state index in [0.717, 1.165) is 28.0 Å². The average molecular weight is 419 g/mol. The molecule has 2 N–H and O–H groups in total. The summed E-state index contributed by atoms with van der Waals surface area (Å²) in [5.41, 5.74) is 1.19. The fourth-order valence-electron chi connectivity index (χ4n) is 2.27. The lowest BCUT2D eigenvalue weighted by atomic mass is 10.2. The molecule has 0 saturated heterocycles. The van der Waals surface area contributed by atoms with Crippen molar-refractivity contribution in [2.45, 2.75) is 33.0 Å². The lowest BCUT2D eigenvalue weighted by Crippen LogP contribution is -2.30. The molecule has 0 spiro atoms. The highest BCUT2D eigenvalue weighted by atomic mass is 79.9. The molecule has 136 valence electrons. The third-order valence-corrected chi connectivity index (χ3v) is 4.72. The van der Waals surface area contributed by atoms with Crippen LogP contribution in [0.25, 0.3) is 0 Å². The van der Waals surface area contributed by atoms with Gasteiger partial charge in [0.2, 0.25) is 0 Å². The summed E-state index contributed by atoms with van der Waals surface area (Å²) >= 11 is 3.45. The number of benzene rings is 1. The highest BCUT2D eigenvalue weighted by molar-refractivity contribution is 9.10. The molecule has 0 fully saturated rings. The van der Waals surface area contributed by atoms with Gasteiger partial charge < -0.3 is 10.6 Å². The Labute approximate surface area is 151 Å². The Kier molecular flexibility index (Phi) is 6.10. The maximum Gasteiger partial charge on any atom is 0.416 e. The molecule has 0 aliphatic carbocycles. The van der Waals surface area contributed by atoms with Gasteiger partial charge in [0.1, 0.15) is 0 Å². The number of urea groups is 1. The number of alkyl halides is 3. The largest absolute Gasteiger partial charge is 0.416 e. The molecule has 0 atom stereocenters.